The number of carbonyl (C=O) groups excluding carboxylic acids is 1. The number of hydrogen-bond acceptors (Lipinski definition) is 4. The van der Waals surface area contributed by atoms with Crippen LogP contribution in [0.25, 0.3) is 10.9 Å². The molecule has 132 valence electrons. The molecule has 3 aromatic rings. The summed E-state index contributed by atoms with van der Waals surface area (Å²) >= 11 is 0. The third kappa shape index (κ3) is 2.37. The van der Waals surface area contributed by atoms with Crippen LogP contribution in [0.5, 0.6) is 17.2 Å². The molecule has 6 nitrogen and oxygen atoms in total. The minimum Gasteiger partial charge on any atom is -0.497 e. The largest absolute Gasteiger partial charge is 0.497 e. The lowest BCUT2D eigenvalue weighted by atomic mass is 10.1. The Morgan fingerprint density at radius 2 is 2.04 bits per heavy atom. The fourth-order valence-corrected chi connectivity index (χ4v) is 3.79. The van der Waals surface area contributed by atoms with Crippen LogP contribution in [0, 0.1) is 0 Å². The molecule has 2 aromatic carbocycles. The number of benzene rings is 2. The van der Waals surface area contributed by atoms with Gasteiger partial charge in [0.05, 0.1) is 7.11 Å². The Morgan fingerprint density at radius 1 is 1.15 bits per heavy atom. The third-order valence-corrected chi connectivity index (χ3v) is 5.07. The molecule has 1 aromatic heterocycles. The molecule has 1 unspecified atom stereocenters. The number of rotatable bonds is 3. The van der Waals surface area contributed by atoms with Gasteiger partial charge in [-0.25, -0.2) is 0 Å². The van der Waals surface area contributed by atoms with E-state index in [0.717, 1.165) is 24.1 Å². The number of hydrogen-bond donors (Lipinski definition) is 2. The fourth-order valence-electron chi connectivity index (χ4n) is 3.79. The van der Waals surface area contributed by atoms with Crippen LogP contribution in [0.3, 0.4) is 0 Å². The van der Waals surface area contributed by atoms with E-state index >= 15 is 0 Å². The molecule has 2 aliphatic rings. The van der Waals surface area contributed by atoms with Gasteiger partial charge in [-0.05, 0) is 48.4 Å². The Morgan fingerprint density at radius 3 is 2.92 bits per heavy atom. The number of nitrogens with one attached hydrogen (secondary N) is 2. The van der Waals surface area contributed by atoms with E-state index < -0.39 is 0 Å². The van der Waals surface area contributed by atoms with Gasteiger partial charge in [-0.2, -0.15) is 0 Å². The number of H-pyrrole nitrogens is 1. The van der Waals surface area contributed by atoms with E-state index in [-0.39, 0.29) is 18.7 Å². The predicted octanol–water partition coefficient (Wildman–Crippen LogP) is 2.80. The topological polar surface area (TPSA) is 72.6 Å². The lowest BCUT2D eigenvalue weighted by Gasteiger charge is -2.13. The Balaban J connectivity index is 1.34. The summed E-state index contributed by atoms with van der Waals surface area (Å²) in [7, 11) is 1.67. The first kappa shape index (κ1) is 15.1. The van der Waals surface area contributed by atoms with E-state index in [1.165, 1.54) is 16.6 Å². The minimum absolute atomic E-state index is 0.0739. The van der Waals surface area contributed by atoms with Gasteiger partial charge in [0, 0.05) is 34.6 Å². The van der Waals surface area contributed by atoms with Crippen molar-refractivity contribution >= 4 is 16.8 Å². The monoisotopic (exact) mass is 350 g/mol. The molecule has 0 saturated heterocycles. The van der Waals surface area contributed by atoms with E-state index in [9.17, 15) is 4.79 Å². The lowest BCUT2D eigenvalue weighted by molar-refractivity contribution is 0.0938. The van der Waals surface area contributed by atoms with Crippen LogP contribution in [0.4, 0.5) is 0 Å². The summed E-state index contributed by atoms with van der Waals surface area (Å²) in [6.07, 6.45) is 1.60. The summed E-state index contributed by atoms with van der Waals surface area (Å²) in [5.74, 6) is 2.04. The number of amides is 1. The van der Waals surface area contributed by atoms with Crippen molar-refractivity contribution in [2.45, 2.75) is 18.9 Å². The average molecular weight is 350 g/mol. The molecule has 2 heterocycles. The zero-order valence-corrected chi connectivity index (χ0v) is 14.3. The highest BCUT2D eigenvalue weighted by Gasteiger charge is 2.27. The molecule has 1 aliphatic heterocycles. The summed E-state index contributed by atoms with van der Waals surface area (Å²) in [5, 5.41) is 4.29. The van der Waals surface area contributed by atoms with Crippen LogP contribution >= 0.6 is 0 Å². The van der Waals surface area contributed by atoms with Crippen molar-refractivity contribution < 1.29 is 19.0 Å². The average Bonchev–Trinajstić information content (AvgIpc) is 3.34. The van der Waals surface area contributed by atoms with Crippen LogP contribution in [0.15, 0.2) is 36.4 Å². The van der Waals surface area contributed by atoms with E-state index in [1.54, 1.807) is 25.3 Å². The maximum atomic E-state index is 12.6. The molecule has 1 atom stereocenters. The number of aromatic nitrogens is 1. The van der Waals surface area contributed by atoms with Gasteiger partial charge in [0.2, 0.25) is 6.79 Å². The summed E-state index contributed by atoms with van der Waals surface area (Å²) in [6.45, 7) is 0.203. The summed E-state index contributed by atoms with van der Waals surface area (Å²) in [5.41, 5.74) is 4.13. The van der Waals surface area contributed by atoms with E-state index in [2.05, 4.69) is 10.3 Å². The van der Waals surface area contributed by atoms with Crippen molar-refractivity contribution in [2.24, 2.45) is 0 Å². The van der Waals surface area contributed by atoms with Crippen molar-refractivity contribution in [3.05, 3.63) is 53.2 Å². The normalized spacial score (nSPS) is 17.3. The number of aromatic amines is 1. The molecule has 1 amide bonds. The molecule has 0 saturated carbocycles. The van der Waals surface area contributed by atoms with Crippen molar-refractivity contribution in [3.63, 3.8) is 0 Å². The molecule has 0 radical (unpaired) electrons. The molecular weight excluding hydrogens is 332 g/mol. The first-order valence-corrected chi connectivity index (χ1v) is 8.59. The summed E-state index contributed by atoms with van der Waals surface area (Å²) in [6, 6.07) is 11.4. The Labute approximate surface area is 150 Å². The van der Waals surface area contributed by atoms with Crippen LogP contribution in [0.2, 0.25) is 0 Å². The Hall–Kier alpha value is -3.15. The van der Waals surface area contributed by atoms with Crippen LogP contribution in [-0.4, -0.2) is 30.8 Å². The van der Waals surface area contributed by atoms with Gasteiger partial charge < -0.3 is 24.5 Å². The maximum Gasteiger partial charge on any atom is 0.251 e. The van der Waals surface area contributed by atoms with E-state index in [1.807, 2.05) is 18.2 Å². The second-order valence-corrected chi connectivity index (χ2v) is 6.64. The highest BCUT2D eigenvalue weighted by atomic mass is 16.7. The first-order valence-electron chi connectivity index (χ1n) is 8.59. The van der Waals surface area contributed by atoms with Gasteiger partial charge in [0.15, 0.2) is 11.5 Å². The molecule has 2 N–H and O–H groups in total. The van der Waals surface area contributed by atoms with E-state index in [0.29, 0.717) is 17.1 Å². The number of methoxy groups -OCH3 is 1. The Bertz CT molecular complexity index is 1020. The molecule has 0 spiro atoms. The zero-order valence-electron chi connectivity index (χ0n) is 14.3. The second-order valence-electron chi connectivity index (χ2n) is 6.64. The highest BCUT2D eigenvalue weighted by molar-refractivity contribution is 5.95. The SMILES string of the molecule is COc1ccc2[nH]c3c(c2c1)CC(NC(=O)c1ccc2c(c1)OCO2)C3. The maximum absolute atomic E-state index is 12.6. The highest BCUT2D eigenvalue weighted by Crippen LogP contribution is 2.34. The molecule has 0 bridgehead atoms. The summed E-state index contributed by atoms with van der Waals surface area (Å²) in [4.78, 5) is 16.1. The minimum atomic E-state index is -0.0969. The second kappa shape index (κ2) is 5.69. The Kier molecular flexibility index (Phi) is 3.31. The van der Waals surface area contributed by atoms with Crippen molar-refractivity contribution in [1.82, 2.24) is 10.3 Å². The van der Waals surface area contributed by atoms with Crippen LogP contribution < -0.4 is 19.5 Å². The molecular formula is C20H18N2O4. The van der Waals surface area contributed by atoms with Crippen molar-refractivity contribution in [1.29, 1.82) is 0 Å². The lowest BCUT2D eigenvalue weighted by Crippen LogP contribution is -2.35. The van der Waals surface area contributed by atoms with Gasteiger partial charge in [0.25, 0.3) is 5.91 Å². The third-order valence-electron chi connectivity index (χ3n) is 5.07. The molecule has 1 aliphatic carbocycles. The van der Waals surface area contributed by atoms with Gasteiger partial charge in [-0.3, -0.25) is 4.79 Å². The molecule has 6 heteroatoms. The van der Waals surface area contributed by atoms with Gasteiger partial charge in [-0.15, -0.1) is 0 Å². The summed E-state index contributed by atoms with van der Waals surface area (Å²) < 4.78 is 16.0. The van der Waals surface area contributed by atoms with Gasteiger partial charge in [-0.1, -0.05) is 0 Å². The number of ether oxygens (including phenoxy) is 3. The van der Waals surface area contributed by atoms with Crippen LogP contribution in [0.1, 0.15) is 21.6 Å². The smallest absolute Gasteiger partial charge is 0.251 e. The number of fused-ring (bicyclic) bond motifs is 4. The van der Waals surface area contributed by atoms with Crippen LogP contribution in [-0.2, 0) is 12.8 Å². The first-order chi connectivity index (χ1) is 12.7. The van der Waals surface area contributed by atoms with Crippen molar-refractivity contribution in [2.75, 3.05) is 13.9 Å². The van der Waals surface area contributed by atoms with Gasteiger partial charge >= 0.3 is 0 Å². The molecule has 5 rings (SSSR count). The number of carbonyl (C=O) groups is 1. The fraction of sp³-hybridized carbons (Fsp3) is 0.250. The molecule has 26 heavy (non-hydrogen) atoms. The van der Waals surface area contributed by atoms with Gasteiger partial charge in [0.1, 0.15) is 5.75 Å². The standard InChI is InChI=1S/C20H18N2O4/c1-24-13-3-4-16-15(9-13)14-7-12(8-17(14)22-16)21-20(23)11-2-5-18-19(6-11)26-10-25-18/h2-6,9,12,22H,7-8,10H2,1H3,(H,21,23). The zero-order chi connectivity index (χ0) is 17.7. The van der Waals surface area contributed by atoms with E-state index in [4.69, 9.17) is 14.2 Å². The van der Waals surface area contributed by atoms with Crippen molar-refractivity contribution in [3.8, 4) is 17.2 Å². The predicted molar refractivity (Wildman–Crippen MR) is 96.1 cm³/mol. The molecule has 0 fully saturated rings. The quantitative estimate of drug-likeness (QED) is 0.762.